The molecule has 1 fully saturated rings. The minimum Gasteiger partial charge on any atom is -0.480 e. The summed E-state index contributed by atoms with van der Waals surface area (Å²) >= 11 is 3.32. The molecule has 0 bridgehead atoms. The first-order valence-corrected chi connectivity index (χ1v) is 7.39. The summed E-state index contributed by atoms with van der Waals surface area (Å²) in [6.07, 6.45) is 3.38. The van der Waals surface area contributed by atoms with Gasteiger partial charge >= 0.3 is 5.97 Å². The number of hydrogen-bond donors (Lipinski definition) is 2. The molecule has 20 heavy (non-hydrogen) atoms. The zero-order valence-electron chi connectivity index (χ0n) is 11.0. The van der Waals surface area contributed by atoms with Crippen LogP contribution in [0, 0.1) is 0 Å². The van der Waals surface area contributed by atoms with Crippen molar-refractivity contribution in [3.63, 3.8) is 0 Å². The molecular formula is C14H17BrN2O3. The van der Waals surface area contributed by atoms with Crippen LogP contribution in [0.3, 0.4) is 0 Å². The summed E-state index contributed by atoms with van der Waals surface area (Å²) in [6, 6.07) is 4.67. The predicted octanol–water partition coefficient (Wildman–Crippen LogP) is 2.38. The van der Waals surface area contributed by atoms with Crippen LogP contribution in [0.4, 0.5) is 5.69 Å². The van der Waals surface area contributed by atoms with Gasteiger partial charge in [0.15, 0.2) is 0 Å². The van der Waals surface area contributed by atoms with E-state index < -0.39 is 17.9 Å². The Morgan fingerprint density at radius 2 is 2.05 bits per heavy atom. The summed E-state index contributed by atoms with van der Waals surface area (Å²) < 4.78 is 0.593. The maximum atomic E-state index is 11.7. The summed E-state index contributed by atoms with van der Waals surface area (Å²) in [6.45, 7) is 0.619. The van der Waals surface area contributed by atoms with E-state index in [1.165, 1.54) is 0 Å². The van der Waals surface area contributed by atoms with Crippen molar-refractivity contribution in [2.24, 2.45) is 5.73 Å². The van der Waals surface area contributed by atoms with E-state index >= 15 is 0 Å². The van der Waals surface area contributed by atoms with Crippen molar-refractivity contribution >= 4 is 33.5 Å². The van der Waals surface area contributed by atoms with Crippen molar-refractivity contribution in [1.29, 1.82) is 0 Å². The molecule has 1 aliphatic heterocycles. The highest BCUT2D eigenvalue weighted by molar-refractivity contribution is 9.10. The molecule has 1 unspecified atom stereocenters. The van der Waals surface area contributed by atoms with Gasteiger partial charge in [-0.25, -0.2) is 4.79 Å². The Hall–Kier alpha value is -1.56. The number of benzene rings is 1. The average molecular weight is 341 g/mol. The van der Waals surface area contributed by atoms with Gasteiger partial charge in [-0.3, -0.25) is 4.79 Å². The summed E-state index contributed by atoms with van der Waals surface area (Å²) in [7, 11) is 0. The highest BCUT2D eigenvalue weighted by Crippen LogP contribution is 2.31. The zero-order valence-corrected chi connectivity index (χ0v) is 12.6. The fourth-order valence-electron chi connectivity index (χ4n) is 2.65. The second-order valence-electron chi connectivity index (χ2n) is 4.89. The van der Waals surface area contributed by atoms with Crippen molar-refractivity contribution in [1.82, 2.24) is 0 Å². The first-order valence-electron chi connectivity index (χ1n) is 6.60. The lowest BCUT2D eigenvalue weighted by Crippen LogP contribution is -2.42. The number of nitrogens with two attached hydrogens (primary N) is 1. The van der Waals surface area contributed by atoms with E-state index in [4.69, 9.17) is 5.73 Å². The van der Waals surface area contributed by atoms with E-state index in [0.717, 1.165) is 19.3 Å². The van der Waals surface area contributed by atoms with Gasteiger partial charge in [-0.1, -0.05) is 18.9 Å². The normalized spacial score (nSPS) is 19.4. The standard InChI is InChI=1S/C14H17BrN2O3/c15-9-5-4-7-10(12(9)13(16)18)17-8-3-1-2-6-11(17)14(19)20/h4-5,7,11H,1-3,6,8H2,(H2,16,18)(H,19,20). The summed E-state index contributed by atoms with van der Waals surface area (Å²) in [5, 5.41) is 9.42. The number of halogens is 1. The molecule has 5 nitrogen and oxygen atoms in total. The molecule has 1 aliphatic rings. The van der Waals surface area contributed by atoms with Gasteiger partial charge < -0.3 is 15.7 Å². The van der Waals surface area contributed by atoms with Crippen molar-refractivity contribution in [2.45, 2.75) is 31.7 Å². The van der Waals surface area contributed by atoms with Gasteiger partial charge in [-0.15, -0.1) is 0 Å². The summed E-state index contributed by atoms with van der Waals surface area (Å²) in [5.41, 5.74) is 6.39. The van der Waals surface area contributed by atoms with Crippen molar-refractivity contribution in [2.75, 3.05) is 11.4 Å². The number of carboxylic acids is 1. The van der Waals surface area contributed by atoms with Gasteiger partial charge in [-0.05, 0) is 40.9 Å². The first-order chi connectivity index (χ1) is 9.52. The SMILES string of the molecule is NC(=O)c1c(Br)cccc1N1CCCCCC1C(=O)O. The Morgan fingerprint density at radius 1 is 1.30 bits per heavy atom. The fourth-order valence-corrected chi connectivity index (χ4v) is 3.20. The number of hydrogen-bond acceptors (Lipinski definition) is 3. The number of anilines is 1. The maximum absolute atomic E-state index is 11.7. The van der Waals surface area contributed by atoms with Crippen molar-refractivity contribution in [3.8, 4) is 0 Å². The Kier molecular flexibility index (Phi) is 4.65. The van der Waals surface area contributed by atoms with Crippen molar-refractivity contribution in [3.05, 3.63) is 28.2 Å². The zero-order chi connectivity index (χ0) is 14.7. The minimum atomic E-state index is -0.859. The van der Waals surface area contributed by atoms with E-state index in [2.05, 4.69) is 15.9 Å². The smallest absolute Gasteiger partial charge is 0.326 e. The Bertz CT molecular complexity index is 533. The van der Waals surface area contributed by atoms with Crippen LogP contribution >= 0.6 is 15.9 Å². The van der Waals surface area contributed by atoms with Gasteiger partial charge in [-0.2, -0.15) is 0 Å². The summed E-state index contributed by atoms with van der Waals surface area (Å²) in [5.74, 6) is -1.41. The lowest BCUT2D eigenvalue weighted by atomic mass is 10.1. The molecule has 1 aromatic rings. The monoisotopic (exact) mass is 340 g/mol. The molecular weight excluding hydrogens is 324 g/mol. The molecule has 0 aromatic heterocycles. The first kappa shape index (κ1) is 14.8. The number of carbonyl (C=O) groups is 2. The van der Waals surface area contributed by atoms with Crippen LogP contribution in [0.5, 0.6) is 0 Å². The van der Waals surface area contributed by atoms with Crippen LogP contribution in [0.1, 0.15) is 36.0 Å². The van der Waals surface area contributed by atoms with Gasteiger partial charge in [0.2, 0.25) is 0 Å². The Labute approximate surface area is 125 Å². The quantitative estimate of drug-likeness (QED) is 0.884. The number of rotatable bonds is 3. The van der Waals surface area contributed by atoms with Crippen LogP contribution in [0.25, 0.3) is 0 Å². The molecule has 108 valence electrons. The van der Waals surface area contributed by atoms with E-state index in [1.54, 1.807) is 23.1 Å². The van der Waals surface area contributed by atoms with E-state index in [9.17, 15) is 14.7 Å². The van der Waals surface area contributed by atoms with Gasteiger partial charge in [0.25, 0.3) is 5.91 Å². The second-order valence-corrected chi connectivity index (χ2v) is 5.75. The second kappa shape index (κ2) is 6.26. The third-order valence-electron chi connectivity index (χ3n) is 3.59. The van der Waals surface area contributed by atoms with E-state index in [1.807, 2.05) is 0 Å². The molecule has 0 saturated carbocycles. The van der Waals surface area contributed by atoms with Crippen molar-refractivity contribution < 1.29 is 14.7 Å². The lowest BCUT2D eigenvalue weighted by molar-refractivity contribution is -0.138. The lowest BCUT2D eigenvalue weighted by Gasteiger charge is -2.30. The van der Waals surface area contributed by atoms with Crippen LogP contribution < -0.4 is 10.6 Å². The Morgan fingerprint density at radius 3 is 2.70 bits per heavy atom. The molecule has 6 heteroatoms. The van der Waals surface area contributed by atoms with Crippen LogP contribution in [-0.4, -0.2) is 29.6 Å². The van der Waals surface area contributed by atoms with Crippen LogP contribution in [0.15, 0.2) is 22.7 Å². The molecule has 0 aliphatic carbocycles. The largest absolute Gasteiger partial charge is 0.480 e. The highest BCUT2D eigenvalue weighted by atomic mass is 79.9. The molecule has 0 radical (unpaired) electrons. The minimum absolute atomic E-state index is 0.348. The third kappa shape index (κ3) is 2.95. The van der Waals surface area contributed by atoms with Gasteiger partial charge in [0.05, 0.1) is 11.3 Å². The average Bonchev–Trinajstić information content (AvgIpc) is 2.63. The van der Waals surface area contributed by atoms with Gasteiger partial charge in [0.1, 0.15) is 6.04 Å². The number of primary amides is 1. The number of amides is 1. The molecule has 1 atom stereocenters. The van der Waals surface area contributed by atoms with Crippen LogP contribution in [0.2, 0.25) is 0 Å². The number of carboxylic acid groups (broad SMARTS) is 1. The topological polar surface area (TPSA) is 83.6 Å². The molecule has 1 heterocycles. The number of carbonyl (C=O) groups excluding carboxylic acids is 1. The fraction of sp³-hybridized carbons (Fsp3) is 0.429. The van der Waals surface area contributed by atoms with Crippen LogP contribution in [-0.2, 0) is 4.79 Å². The molecule has 1 amide bonds. The molecule has 0 spiro atoms. The summed E-state index contributed by atoms with van der Waals surface area (Å²) in [4.78, 5) is 24.9. The Balaban J connectivity index is 2.49. The van der Waals surface area contributed by atoms with E-state index in [-0.39, 0.29) is 0 Å². The highest BCUT2D eigenvalue weighted by Gasteiger charge is 2.30. The van der Waals surface area contributed by atoms with Gasteiger partial charge in [0, 0.05) is 11.0 Å². The molecule has 1 aromatic carbocycles. The molecule has 2 rings (SSSR count). The number of aliphatic carboxylic acids is 1. The number of nitrogens with zero attached hydrogens (tertiary/aromatic N) is 1. The third-order valence-corrected chi connectivity index (χ3v) is 4.25. The van der Waals surface area contributed by atoms with E-state index in [0.29, 0.717) is 28.7 Å². The predicted molar refractivity (Wildman–Crippen MR) is 79.9 cm³/mol. The maximum Gasteiger partial charge on any atom is 0.326 e. The molecule has 1 saturated heterocycles. The molecule has 3 N–H and O–H groups in total.